The first-order chi connectivity index (χ1) is 17.1. The lowest BCUT2D eigenvalue weighted by Crippen LogP contribution is -2.62. The molecule has 0 unspecified atom stereocenters. The molecule has 4 aliphatic rings. The number of hydrogen-bond donors (Lipinski definition) is 0. The van der Waals surface area contributed by atoms with Gasteiger partial charge in [0.25, 0.3) is 0 Å². The maximum atomic E-state index is 14.0. The Balaban J connectivity index is 1.29. The molecule has 0 heterocycles. The van der Waals surface area contributed by atoms with Gasteiger partial charge in [-0.3, -0.25) is 4.79 Å². The van der Waals surface area contributed by atoms with Crippen LogP contribution in [0.25, 0.3) is 0 Å². The van der Waals surface area contributed by atoms with Crippen molar-refractivity contribution in [2.24, 2.45) is 34.5 Å². The molecule has 0 saturated heterocycles. The Morgan fingerprint density at radius 2 is 1.29 bits per heavy atom. The average Bonchev–Trinajstić information content (AvgIpc) is 2.90. The number of unbranched alkanes of at least 4 members (excludes halogenated alkanes) is 8. The van der Waals surface area contributed by atoms with Crippen molar-refractivity contribution in [2.75, 3.05) is 0 Å². The first kappa shape index (κ1) is 27.7. The third kappa shape index (κ3) is 6.57. The fourth-order valence-corrected chi connectivity index (χ4v) is 9.51. The number of Topliss-reactive ketones (excluding diaryl/α,β-unsaturated/α-hetero) is 1. The molecule has 0 aromatic heterocycles. The van der Waals surface area contributed by atoms with E-state index in [-0.39, 0.29) is 10.8 Å². The van der Waals surface area contributed by atoms with E-state index in [1.54, 1.807) is 0 Å². The van der Waals surface area contributed by atoms with E-state index in [9.17, 15) is 4.79 Å². The summed E-state index contributed by atoms with van der Waals surface area (Å²) >= 11 is 0. The summed E-state index contributed by atoms with van der Waals surface area (Å²) in [5.41, 5.74) is 0.259. The minimum Gasteiger partial charge on any atom is -0.298 e. The Morgan fingerprint density at radius 1 is 0.657 bits per heavy atom. The van der Waals surface area contributed by atoms with Gasteiger partial charge in [-0.15, -0.1) is 0 Å². The summed E-state index contributed by atoms with van der Waals surface area (Å²) in [6, 6.07) is 0. The van der Waals surface area contributed by atoms with Gasteiger partial charge in [-0.05, 0) is 81.5 Å². The Kier molecular flexibility index (Phi) is 10.7. The monoisotopic (exact) mass is 484 g/mol. The Hall–Kier alpha value is -0.330. The molecule has 0 aromatic rings. The zero-order chi connectivity index (χ0) is 24.6. The minimum absolute atomic E-state index is 0.119. The van der Waals surface area contributed by atoms with Gasteiger partial charge in [0.2, 0.25) is 0 Å². The molecule has 4 aliphatic carbocycles. The number of ketones is 1. The van der Waals surface area contributed by atoms with Crippen LogP contribution in [0.5, 0.6) is 0 Å². The molecule has 1 heteroatoms. The molecule has 0 N–H and O–H groups in total. The number of rotatable bonds is 13. The smallest absolute Gasteiger partial charge is 0.145 e. The molecule has 0 amide bonds. The van der Waals surface area contributed by atoms with E-state index in [0.29, 0.717) is 0 Å². The lowest BCUT2D eigenvalue weighted by atomic mass is 9.40. The van der Waals surface area contributed by atoms with Gasteiger partial charge in [0, 0.05) is 10.8 Å². The largest absolute Gasteiger partial charge is 0.298 e. The third-order valence-electron chi connectivity index (χ3n) is 11.7. The van der Waals surface area contributed by atoms with Crippen LogP contribution in [0.15, 0.2) is 0 Å². The topological polar surface area (TPSA) is 17.1 Å². The zero-order valence-electron chi connectivity index (χ0n) is 23.9. The zero-order valence-corrected chi connectivity index (χ0v) is 23.9. The van der Waals surface area contributed by atoms with Crippen molar-refractivity contribution in [1.29, 1.82) is 0 Å². The summed E-state index contributed by atoms with van der Waals surface area (Å²) < 4.78 is 0. The van der Waals surface area contributed by atoms with Crippen molar-refractivity contribution in [1.82, 2.24) is 0 Å². The number of hydrogen-bond acceptors (Lipinski definition) is 1. The van der Waals surface area contributed by atoms with Crippen LogP contribution < -0.4 is 0 Å². The van der Waals surface area contributed by atoms with Crippen LogP contribution in [0.4, 0.5) is 0 Å². The quantitative estimate of drug-likeness (QED) is 0.237. The molecular formula is C34H60O. The summed E-state index contributed by atoms with van der Waals surface area (Å²) in [5.74, 6) is 4.43. The summed E-state index contributed by atoms with van der Waals surface area (Å²) in [4.78, 5) is 14.0. The molecule has 0 bridgehead atoms. The second-order valence-corrected chi connectivity index (χ2v) is 13.9. The van der Waals surface area contributed by atoms with Crippen LogP contribution in [0.2, 0.25) is 0 Å². The predicted molar refractivity (Wildman–Crippen MR) is 151 cm³/mol. The highest BCUT2D eigenvalue weighted by Gasteiger charge is 2.65. The molecule has 0 aliphatic heterocycles. The van der Waals surface area contributed by atoms with Crippen molar-refractivity contribution >= 4 is 5.78 Å². The second-order valence-electron chi connectivity index (χ2n) is 13.9. The second kappa shape index (κ2) is 13.5. The fraction of sp³-hybridized carbons (Fsp3) is 0.971. The van der Waals surface area contributed by atoms with E-state index in [1.807, 2.05) is 0 Å². The molecule has 4 fully saturated rings. The van der Waals surface area contributed by atoms with Gasteiger partial charge in [0.05, 0.1) is 0 Å². The van der Waals surface area contributed by atoms with E-state index in [1.165, 1.54) is 161 Å². The van der Waals surface area contributed by atoms with Crippen LogP contribution in [0, 0.1) is 34.5 Å². The first-order valence-electron chi connectivity index (χ1n) is 16.7. The van der Waals surface area contributed by atoms with Gasteiger partial charge in [0.1, 0.15) is 5.78 Å². The van der Waals surface area contributed by atoms with E-state index >= 15 is 0 Å². The van der Waals surface area contributed by atoms with Crippen LogP contribution >= 0.6 is 0 Å². The van der Waals surface area contributed by atoms with Crippen molar-refractivity contribution < 1.29 is 4.79 Å². The fourth-order valence-electron chi connectivity index (χ4n) is 9.51. The molecule has 4 saturated carbocycles. The van der Waals surface area contributed by atoms with Gasteiger partial charge in [-0.25, -0.2) is 0 Å². The molecule has 0 aromatic carbocycles. The van der Waals surface area contributed by atoms with E-state index in [2.05, 4.69) is 13.8 Å². The number of carbonyl (C=O) groups excluding carboxylic acids is 1. The molecule has 0 radical (unpaired) electrons. The summed E-state index contributed by atoms with van der Waals surface area (Å²) in [7, 11) is 0. The van der Waals surface area contributed by atoms with E-state index in [4.69, 9.17) is 0 Å². The highest BCUT2D eigenvalue weighted by Crippen LogP contribution is 2.67. The van der Waals surface area contributed by atoms with Crippen molar-refractivity contribution in [3.05, 3.63) is 0 Å². The van der Waals surface area contributed by atoms with Crippen molar-refractivity contribution in [2.45, 2.75) is 174 Å². The normalized spacial score (nSPS) is 34.9. The van der Waals surface area contributed by atoms with Crippen molar-refractivity contribution in [3.8, 4) is 0 Å². The van der Waals surface area contributed by atoms with Crippen molar-refractivity contribution in [3.63, 3.8) is 0 Å². The highest BCUT2D eigenvalue weighted by atomic mass is 16.1. The van der Waals surface area contributed by atoms with Crippen LogP contribution in [-0.4, -0.2) is 5.78 Å². The summed E-state index contributed by atoms with van der Waals surface area (Å²) in [6.45, 7) is 4.64. The average molecular weight is 485 g/mol. The van der Waals surface area contributed by atoms with Gasteiger partial charge in [0.15, 0.2) is 0 Å². The molecule has 202 valence electrons. The molecule has 2 spiro atoms. The molecule has 35 heavy (non-hydrogen) atoms. The molecular weight excluding hydrogens is 424 g/mol. The molecule has 1 nitrogen and oxygen atoms in total. The third-order valence-corrected chi connectivity index (χ3v) is 11.7. The summed E-state index contributed by atoms with van der Waals surface area (Å²) in [5, 5.41) is 0. The Labute approximate surface area is 219 Å². The summed E-state index contributed by atoms with van der Waals surface area (Å²) in [6.07, 6.45) is 34.7. The Bertz CT molecular complexity index is 623. The molecule has 3 atom stereocenters. The standard InChI is InChI=1S/C34H60O/c1-3-5-7-9-12-16-28-18-20-29(21-19-28)30-22-25-34(31(26-30)17-13-10-8-6-4-2)27-33(32(34)35)23-14-11-15-24-33/h28-31H,3-27H2,1-2H3/t28?,29?,30-,31+,34+/m1/s1. The maximum Gasteiger partial charge on any atom is 0.145 e. The lowest BCUT2D eigenvalue weighted by Gasteiger charge is -2.62. The van der Waals surface area contributed by atoms with E-state index in [0.717, 1.165) is 29.5 Å². The Morgan fingerprint density at radius 3 is 1.91 bits per heavy atom. The van der Waals surface area contributed by atoms with Gasteiger partial charge >= 0.3 is 0 Å². The van der Waals surface area contributed by atoms with Gasteiger partial charge in [-0.2, -0.15) is 0 Å². The first-order valence-corrected chi connectivity index (χ1v) is 16.7. The lowest BCUT2D eigenvalue weighted by molar-refractivity contribution is -0.178. The SMILES string of the molecule is CCCCCCCC1CCC([C@@H]2CC[C@]3(CC4(CCCCC4)C3=O)[C@@H](CCCCCCC)C2)CC1. The predicted octanol–water partition coefficient (Wildman–Crippen LogP) is 10.8. The van der Waals surface area contributed by atoms with Crippen LogP contribution in [0.1, 0.15) is 174 Å². The minimum atomic E-state index is 0.119. The van der Waals surface area contributed by atoms with E-state index < -0.39 is 0 Å². The molecule has 4 rings (SSSR count). The van der Waals surface area contributed by atoms with Crippen LogP contribution in [0.3, 0.4) is 0 Å². The van der Waals surface area contributed by atoms with Crippen LogP contribution in [-0.2, 0) is 4.79 Å². The highest BCUT2D eigenvalue weighted by molar-refractivity contribution is 5.97. The maximum absolute atomic E-state index is 14.0. The van der Waals surface area contributed by atoms with Gasteiger partial charge in [-0.1, -0.05) is 117 Å². The van der Waals surface area contributed by atoms with Gasteiger partial charge < -0.3 is 0 Å². The number of carbonyl (C=O) groups is 1.